The average Bonchev–Trinajstić information content (AvgIpc) is 2.60. The van der Waals surface area contributed by atoms with E-state index in [9.17, 15) is 14.4 Å². The molecule has 0 atom stereocenters. The molecule has 0 aliphatic rings. The Morgan fingerprint density at radius 3 is 2.21 bits per heavy atom. The zero-order valence-corrected chi connectivity index (χ0v) is 17.4. The van der Waals surface area contributed by atoms with Crippen LogP contribution in [-0.2, 0) is 16.1 Å². The van der Waals surface area contributed by atoms with Crippen molar-refractivity contribution in [1.29, 1.82) is 0 Å². The van der Waals surface area contributed by atoms with Gasteiger partial charge in [0.2, 0.25) is 5.91 Å². The molecular formula is C22H27N3O4. The van der Waals surface area contributed by atoms with Gasteiger partial charge in [0.25, 0.3) is 5.91 Å². The second-order valence-electron chi connectivity index (χ2n) is 7.73. The van der Waals surface area contributed by atoms with Crippen LogP contribution in [0.4, 0.5) is 16.2 Å². The Balaban J connectivity index is 1.99. The van der Waals surface area contributed by atoms with Gasteiger partial charge in [-0.2, -0.15) is 0 Å². The van der Waals surface area contributed by atoms with Gasteiger partial charge in [0, 0.05) is 37.5 Å². The van der Waals surface area contributed by atoms with Crippen molar-refractivity contribution in [3.8, 4) is 0 Å². The molecule has 2 N–H and O–H groups in total. The first kappa shape index (κ1) is 21.9. The van der Waals surface area contributed by atoms with Crippen LogP contribution in [0.2, 0.25) is 0 Å². The van der Waals surface area contributed by atoms with Crippen LogP contribution in [0.3, 0.4) is 0 Å². The van der Waals surface area contributed by atoms with E-state index in [-0.39, 0.29) is 11.8 Å². The number of carbonyl (C=O) groups is 3. The molecule has 7 heteroatoms. The number of carbonyl (C=O) groups excluding carboxylic acids is 3. The van der Waals surface area contributed by atoms with Crippen LogP contribution in [0.25, 0.3) is 0 Å². The Hall–Kier alpha value is -3.35. The van der Waals surface area contributed by atoms with E-state index >= 15 is 0 Å². The molecule has 0 unspecified atom stereocenters. The summed E-state index contributed by atoms with van der Waals surface area (Å²) in [5, 5.41) is 5.46. The van der Waals surface area contributed by atoms with Crippen LogP contribution in [0.5, 0.6) is 0 Å². The maximum Gasteiger partial charge on any atom is 0.412 e. The van der Waals surface area contributed by atoms with E-state index in [2.05, 4.69) is 10.6 Å². The summed E-state index contributed by atoms with van der Waals surface area (Å²) in [5.74, 6) is -0.301. The molecule has 154 valence electrons. The molecular weight excluding hydrogens is 370 g/mol. The van der Waals surface area contributed by atoms with Crippen LogP contribution in [0.1, 0.15) is 43.6 Å². The zero-order valence-electron chi connectivity index (χ0n) is 17.4. The van der Waals surface area contributed by atoms with E-state index in [1.807, 2.05) is 18.2 Å². The van der Waals surface area contributed by atoms with Crippen molar-refractivity contribution in [2.24, 2.45) is 0 Å². The van der Waals surface area contributed by atoms with Crippen LogP contribution in [0, 0.1) is 0 Å². The molecule has 7 nitrogen and oxygen atoms in total. The summed E-state index contributed by atoms with van der Waals surface area (Å²) in [5.41, 5.74) is 1.95. The zero-order chi connectivity index (χ0) is 21.6. The highest BCUT2D eigenvalue weighted by Gasteiger charge is 2.16. The van der Waals surface area contributed by atoms with Crippen molar-refractivity contribution in [3.05, 3.63) is 59.7 Å². The maximum atomic E-state index is 12.5. The van der Waals surface area contributed by atoms with Gasteiger partial charge in [0.05, 0.1) is 0 Å². The quantitative estimate of drug-likeness (QED) is 0.789. The Kier molecular flexibility index (Phi) is 6.98. The van der Waals surface area contributed by atoms with Crippen molar-refractivity contribution in [2.75, 3.05) is 17.7 Å². The first-order chi connectivity index (χ1) is 13.5. The molecule has 0 fully saturated rings. The van der Waals surface area contributed by atoms with Gasteiger partial charge in [0.1, 0.15) is 5.60 Å². The molecule has 0 aromatic heterocycles. The van der Waals surface area contributed by atoms with Crippen LogP contribution >= 0.6 is 0 Å². The second-order valence-corrected chi connectivity index (χ2v) is 7.73. The summed E-state index contributed by atoms with van der Waals surface area (Å²) in [6.45, 7) is 7.32. The van der Waals surface area contributed by atoms with Crippen molar-refractivity contribution >= 4 is 29.3 Å². The van der Waals surface area contributed by atoms with Gasteiger partial charge in [-0.15, -0.1) is 0 Å². The van der Waals surface area contributed by atoms with Gasteiger partial charge in [-0.3, -0.25) is 14.9 Å². The van der Waals surface area contributed by atoms with E-state index < -0.39 is 11.7 Å². The minimum Gasteiger partial charge on any atom is -0.444 e. The van der Waals surface area contributed by atoms with E-state index in [1.54, 1.807) is 63.1 Å². The standard InChI is InChI=1S/C22H27N3O4/c1-15(26)25(5)14-16-7-6-8-19(13-16)23-20(27)17-9-11-18(12-10-17)24-21(28)29-22(2,3)4/h6-13H,14H2,1-5H3,(H,23,27)(H,24,28). The highest BCUT2D eigenvalue weighted by molar-refractivity contribution is 6.04. The Morgan fingerprint density at radius 2 is 1.62 bits per heavy atom. The highest BCUT2D eigenvalue weighted by Crippen LogP contribution is 2.16. The first-order valence-electron chi connectivity index (χ1n) is 9.25. The van der Waals surface area contributed by atoms with Gasteiger partial charge in [0.15, 0.2) is 0 Å². The summed E-state index contributed by atoms with van der Waals surface area (Å²) in [4.78, 5) is 37.3. The maximum absolute atomic E-state index is 12.5. The smallest absolute Gasteiger partial charge is 0.412 e. The number of hydrogen-bond donors (Lipinski definition) is 2. The molecule has 3 amide bonds. The Bertz CT molecular complexity index is 886. The van der Waals surface area contributed by atoms with Crippen LogP contribution in [0.15, 0.2) is 48.5 Å². The predicted octanol–water partition coefficient (Wildman–Crippen LogP) is 4.26. The lowest BCUT2D eigenvalue weighted by Gasteiger charge is -2.19. The number of hydrogen-bond acceptors (Lipinski definition) is 4. The van der Waals surface area contributed by atoms with Gasteiger partial charge >= 0.3 is 6.09 Å². The predicted molar refractivity (Wildman–Crippen MR) is 113 cm³/mol. The van der Waals surface area contributed by atoms with Crippen molar-refractivity contribution < 1.29 is 19.1 Å². The number of amides is 3. The normalized spacial score (nSPS) is 10.8. The fourth-order valence-electron chi connectivity index (χ4n) is 2.46. The van der Waals surface area contributed by atoms with Gasteiger partial charge < -0.3 is 15.0 Å². The number of nitrogens with one attached hydrogen (secondary N) is 2. The molecule has 0 heterocycles. The number of nitrogens with zero attached hydrogens (tertiary/aromatic N) is 1. The number of ether oxygens (including phenoxy) is 1. The topological polar surface area (TPSA) is 87.7 Å². The monoisotopic (exact) mass is 397 g/mol. The molecule has 0 bridgehead atoms. The summed E-state index contributed by atoms with van der Waals surface area (Å²) >= 11 is 0. The molecule has 0 saturated heterocycles. The Labute approximate surface area is 171 Å². The lowest BCUT2D eigenvalue weighted by molar-refractivity contribution is -0.128. The van der Waals surface area contributed by atoms with Crippen LogP contribution < -0.4 is 10.6 Å². The summed E-state index contributed by atoms with van der Waals surface area (Å²) in [7, 11) is 1.72. The molecule has 2 rings (SSSR count). The molecule has 0 aliphatic heterocycles. The summed E-state index contributed by atoms with van der Waals surface area (Å²) < 4.78 is 5.20. The van der Waals surface area contributed by atoms with Crippen molar-refractivity contribution in [3.63, 3.8) is 0 Å². The SMILES string of the molecule is CC(=O)N(C)Cc1cccc(NC(=O)c2ccc(NC(=O)OC(C)(C)C)cc2)c1. The van der Waals surface area contributed by atoms with E-state index in [0.717, 1.165) is 5.56 Å². The molecule has 2 aromatic rings. The lowest BCUT2D eigenvalue weighted by atomic mass is 10.1. The summed E-state index contributed by atoms with van der Waals surface area (Å²) in [6, 6.07) is 13.8. The Morgan fingerprint density at radius 1 is 0.966 bits per heavy atom. The molecule has 0 radical (unpaired) electrons. The van der Waals surface area contributed by atoms with Gasteiger partial charge in [-0.05, 0) is 62.7 Å². The molecule has 2 aromatic carbocycles. The largest absolute Gasteiger partial charge is 0.444 e. The van der Waals surface area contributed by atoms with E-state index in [0.29, 0.717) is 23.5 Å². The molecule has 0 spiro atoms. The fourth-order valence-corrected chi connectivity index (χ4v) is 2.46. The number of rotatable bonds is 5. The van der Waals surface area contributed by atoms with Crippen molar-refractivity contribution in [2.45, 2.75) is 39.8 Å². The molecule has 0 aliphatic carbocycles. The van der Waals surface area contributed by atoms with E-state index in [1.165, 1.54) is 6.92 Å². The minimum atomic E-state index is -0.586. The highest BCUT2D eigenvalue weighted by atomic mass is 16.6. The number of anilines is 2. The van der Waals surface area contributed by atoms with Crippen molar-refractivity contribution in [1.82, 2.24) is 4.90 Å². The third kappa shape index (κ3) is 7.29. The molecule has 29 heavy (non-hydrogen) atoms. The van der Waals surface area contributed by atoms with E-state index in [4.69, 9.17) is 4.74 Å². The minimum absolute atomic E-state index is 0.0282. The fraction of sp³-hybridized carbons (Fsp3) is 0.318. The first-order valence-corrected chi connectivity index (χ1v) is 9.25. The van der Waals surface area contributed by atoms with Gasteiger partial charge in [-0.25, -0.2) is 4.79 Å². The second kappa shape index (κ2) is 9.23. The summed E-state index contributed by atoms with van der Waals surface area (Å²) in [6.07, 6.45) is -0.554. The number of benzene rings is 2. The average molecular weight is 397 g/mol. The third-order valence-corrected chi connectivity index (χ3v) is 3.93. The lowest BCUT2D eigenvalue weighted by Crippen LogP contribution is -2.27. The van der Waals surface area contributed by atoms with Gasteiger partial charge in [-0.1, -0.05) is 12.1 Å². The molecule has 0 saturated carbocycles. The third-order valence-electron chi connectivity index (χ3n) is 3.93. The van der Waals surface area contributed by atoms with Crippen LogP contribution in [-0.4, -0.2) is 35.5 Å².